The van der Waals surface area contributed by atoms with Crippen LogP contribution < -0.4 is 5.32 Å². The van der Waals surface area contributed by atoms with Crippen LogP contribution in [0, 0.1) is 0 Å². The van der Waals surface area contributed by atoms with Gasteiger partial charge in [0.15, 0.2) is 0 Å². The van der Waals surface area contributed by atoms with E-state index in [2.05, 4.69) is 5.32 Å². The maximum Gasteiger partial charge on any atom is 0.401 e. The Hall–Kier alpha value is -1.27. The Morgan fingerprint density at radius 1 is 1.40 bits per heavy atom. The predicted octanol–water partition coefficient (Wildman–Crippen LogP) is 3.01. The van der Waals surface area contributed by atoms with E-state index >= 15 is 0 Å². The Morgan fingerprint density at radius 2 is 2.00 bits per heavy atom. The number of hydrogen-bond acceptors (Lipinski definition) is 2. The highest BCUT2D eigenvalue weighted by molar-refractivity contribution is 6.31. The first-order valence-corrected chi connectivity index (χ1v) is 6.37. The third-order valence-electron chi connectivity index (χ3n) is 2.93. The number of amides is 1. The number of hydrogen-bond donors (Lipinski definition) is 1. The molecule has 0 heterocycles. The third kappa shape index (κ3) is 5.02. The van der Waals surface area contributed by atoms with Crippen molar-refractivity contribution < 1.29 is 18.0 Å². The lowest BCUT2D eigenvalue weighted by Gasteiger charge is -2.26. The monoisotopic (exact) mass is 308 g/mol. The van der Waals surface area contributed by atoms with Gasteiger partial charge in [-0.15, -0.1) is 0 Å². The minimum absolute atomic E-state index is 0.316. The number of benzene rings is 1. The van der Waals surface area contributed by atoms with Crippen molar-refractivity contribution in [2.24, 2.45) is 0 Å². The van der Waals surface area contributed by atoms with Gasteiger partial charge < -0.3 is 10.2 Å². The first-order chi connectivity index (χ1) is 9.22. The molecule has 0 saturated carbocycles. The summed E-state index contributed by atoms with van der Waals surface area (Å²) in [6.45, 7) is 0.209. The van der Waals surface area contributed by atoms with Crippen molar-refractivity contribution in [1.82, 2.24) is 10.2 Å². The number of carbonyl (C=O) groups is 1. The molecule has 1 unspecified atom stereocenters. The molecule has 0 aliphatic rings. The van der Waals surface area contributed by atoms with Gasteiger partial charge in [-0.3, -0.25) is 4.79 Å². The number of nitrogens with zero attached hydrogens (tertiary/aromatic N) is 1. The quantitative estimate of drug-likeness (QED) is 0.907. The molecule has 20 heavy (non-hydrogen) atoms. The number of nitrogens with one attached hydrogen (secondary N) is 1. The Kier molecular flexibility index (Phi) is 5.83. The van der Waals surface area contributed by atoms with Crippen molar-refractivity contribution in [3.63, 3.8) is 0 Å². The Bertz CT molecular complexity index is 465. The summed E-state index contributed by atoms with van der Waals surface area (Å²) < 4.78 is 35.9. The Morgan fingerprint density at radius 3 is 2.55 bits per heavy atom. The van der Waals surface area contributed by atoms with E-state index in [1.54, 1.807) is 31.2 Å². The van der Waals surface area contributed by atoms with E-state index < -0.39 is 18.6 Å². The first-order valence-electron chi connectivity index (χ1n) is 6.00. The lowest BCUT2D eigenvalue weighted by molar-refractivity contribution is -0.134. The molecule has 0 aromatic heterocycles. The fourth-order valence-corrected chi connectivity index (χ4v) is 1.97. The van der Waals surface area contributed by atoms with Gasteiger partial charge in [-0.25, -0.2) is 0 Å². The molecule has 1 atom stereocenters. The highest BCUT2D eigenvalue weighted by Gasteiger charge is 2.27. The molecule has 0 bridgehead atoms. The van der Waals surface area contributed by atoms with Gasteiger partial charge in [0.2, 0.25) is 5.91 Å². The molecule has 3 nitrogen and oxygen atoms in total. The number of likely N-dealkylation sites (N-methyl/N-ethyl adjacent to an activating group) is 1. The summed E-state index contributed by atoms with van der Waals surface area (Å²) in [5.41, 5.74) is 0.751. The van der Waals surface area contributed by atoms with Gasteiger partial charge in [0.25, 0.3) is 0 Å². The van der Waals surface area contributed by atoms with Crippen molar-refractivity contribution in [3.05, 3.63) is 34.9 Å². The molecule has 1 aromatic rings. The summed E-state index contributed by atoms with van der Waals surface area (Å²) in [5, 5.41) is 2.59. The molecule has 1 aromatic carbocycles. The van der Waals surface area contributed by atoms with Crippen LogP contribution in [0.4, 0.5) is 13.2 Å². The summed E-state index contributed by atoms with van der Waals surface area (Å²) in [6, 6.07) is 6.72. The van der Waals surface area contributed by atoms with Crippen LogP contribution in [-0.2, 0) is 4.79 Å². The minimum Gasteiger partial charge on any atom is -0.338 e. The van der Waals surface area contributed by atoms with Crippen LogP contribution in [0.15, 0.2) is 24.3 Å². The molecule has 0 aliphatic carbocycles. The molecule has 1 amide bonds. The lowest BCUT2D eigenvalue weighted by atomic mass is 10.1. The van der Waals surface area contributed by atoms with Crippen LogP contribution in [0.5, 0.6) is 0 Å². The summed E-state index contributed by atoms with van der Waals surface area (Å²) in [5.74, 6) is -0.429. The molecule has 112 valence electrons. The zero-order valence-corrected chi connectivity index (χ0v) is 11.9. The average molecular weight is 309 g/mol. The van der Waals surface area contributed by atoms with E-state index in [9.17, 15) is 18.0 Å². The van der Waals surface area contributed by atoms with E-state index in [0.29, 0.717) is 5.02 Å². The first kappa shape index (κ1) is 16.8. The third-order valence-corrected chi connectivity index (χ3v) is 3.28. The lowest BCUT2D eigenvalue weighted by Crippen LogP contribution is -2.40. The molecule has 0 saturated heterocycles. The van der Waals surface area contributed by atoms with E-state index in [0.717, 1.165) is 5.56 Å². The van der Waals surface area contributed by atoms with Gasteiger partial charge in [0.05, 0.1) is 19.1 Å². The standard InChI is InChI=1S/C13H16ClF3N2O/c1-9(10-5-3-4-6-11(10)14)19(2)12(20)7-18-8-13(15,16)17/h3-6,9,18H,7-8H2,1-2H3. The van der Waals surface area contributed by atoms with Gasteiger partial charge >= 0.3 is 6.18 Å². The minimum atomic E-state index is -4.33. The maximum absolute atomic E-state index is 12.0. The maximum atomic E-state index is 12.0. The second kappa shape index (κ2) is 6.95. The number of carbonyl (C=O) groups excluding carboxylic acids is 1. The highest BCUT2D eigenvalue weighted by atomic mass is 35.5. The Labute approximate surface area is 120 Å². The topological polar surface area (TPSA) is 32.3 Å². The molecular formula is C13H16ClF3N2O. The van der Waals surface area contributed by atoms with Gasteiger partial charge in [0, 0.05) is 12.1 Å². The second-order valence-corrected chi connectivity index (χ2v) is 4.83. The van der Waals surface area contributed by atoms with Gasteiger partial charge in [-0.05, 0) is 18.6 Å². The van der Waals surface area contributed by atoms with Crippen molar-refractivity contribution in [1.29, 1.82) is 0 Å². The van der Waals surface area contributed by atoms with E-state index in [1.807, 2.05) is 0 Å². The van der Waals surface area contributed by atoms with Crippen LogP contribution in [0.3, 0.4) is 0 Å². The van der Waals surface area contributed by atoms with Crippen molar-refractivity contribution in [2.45, 2.75) is 19.1 Å². The van der Waals surface area contributed by atoms with Crippen LogP contribution in [-0.4, -0.2) is 37.1 Å². The smallest absolute Gasteiger partial charge is 0.338 e. The molecule has 1 rings (SSSR count). The van der Waals surface area contributed by atoms with E-state index in [1.165, 1.54) is 11.9 Å². The van der Waals surface area contributed by atoms with Crippen LogP contribution in [0.25, 0.3) is 0 Å². The normalized spacial score (nSPS) is 13.1. The summed E-state index contributed by atoms with van der Waals surface area (Å²) in [6.07, 6.45) is -4.33. The van der Waals surface area contributed by atoms with Crippen LogP contribution in [0.2, 0.25) is 5.02 Å². The van der Waals surface area contributed by atoms with Gasteiger partial charge in [0.1, 0.15) is 0 Å². The average Bonchev–Trinajstić information content (AvgIpc) is 2.36. The molecule has 7 heteroatoms. The SMILES string of the molecule is CC(c1ccccc1Cl)N(C)C(=O)CNCC(F)(F)F. The van der Waals surface area contributed by atoms with Crippen molar-refractivity contribution in [3.8, 4) is 0 Å². The Balaban J connectivity index is 2.59. The molecular weight excluding hydrogens is 293 g/mol. The summed E-state index contributed by atoms with van der Waals surface area (Å²) >= 11 is 6.03. The van der Waals surface area contributed by atoms with E-state index in [-0.39, 0.29) is 12.6 Å². The molecule has 0 fully saturated rings. The fraction of sp³-hybridized carbons (Fsp3) is 0.462. The molecule has 0 radical (unpaired) electrons. The van der Waals surface area contributed by atoms with Gasteiger partial charge in [-0.2, -0.15) is 13.2 Å². The van der Waals surface area contributed by atoms with Crippen LogP contribution in [0.1, 0.15) is 18.5 Å². The molecule has 1 N–H and O–H groups in total. The van der Waals surface area contributed by atoms with E-state index in [4.69, 9.17) is 11.6 Å². The van der Waals surface area contributed by atoms with Crippen molar-refractivity contribution in [2.75, 3.05) is 20.1 Å². The zero-order valence-electron chi connectivity index (χ0n) is 11.2. The second-order valence-electron chi connectivity index (χ2n) is 4.42. The van der Waals surface area contributed by atoms with Crippen molar-refractivity contribution >= 4 is 17.5 Å². The summed E-state index contributed by atoms with van der Waals surface area (Å²) in [4.78, 5) is 13.2. The molecule has 0 aliphatic heterocycles. The predicted molar refractivity (Wildman–Crippen MR) is 71.6 cm³/mol. The zero-order chi connectivity index (χ0) is 15.3. The highest BCUT2D eigenvalue weighted by Crippen LogP contribution is 2.26. The number of rotatable bonds is 5. The fourth-order valence-electron chi connectivity index (χ4n) is 1.67. The number of alkyl halides is 3. The van der Waals surface area contributed by atoms with Crippen LogP contribution >= 0.6 is 11.6 Å². The summed E-state index contributed by atoms with van der Waals surface area (Å²) in [7, 11) is 1.53. The largest absolute Gasteiger partial charge is 0.401 e. The number of halogens is 4. The van der Waals surface area contributed by atoms with Gasteiger partial charge in [-0.1, -0.05) is 29.8 Å². The molecule has 0 spiro atoms.